The van der Waals surface area contributed by atoms with E-state index in [2.05, 4.69) is 15.3 Å². The Balaban J connectivity index is 1.98. The molecule has 0 bridgehead atoms. The Hall–Kier alpha value is -4.34. The van der Waals surface area contributed by atoms with Crippen LogP contribution in [0.5, 0.6) is 5.88 Å². The highest BCUT2D eigenvalue weighted by atomic mass is 16.3. The molecule has 0 spiro atoms. The van der Waals surface area contributed by atoms with Crippen molar-refractivity contribution in [1.82, 2.24) is 19.6 Å². The number of fused-ring (bicyclic) bond motifs is 1. The number of para-hydroxylation sites is 1. The fourth-order valence-corrected chi connectivity index (χ4v) is 2.63. The third kappa shape index (κ3) is 2.98. The summed E-state index contributed by atoms with van der Waals surface area (Å²) in [5, 5.41) is 17.5. The summed E-state index contributed by atoms with van der Waals surface area (Å²) >= 11 is 0. The van der Waals surface area contributed by atoms with Crippen LogP contribution in [-0.2, 0) is 0 Å². The van der Waals surface area contributed by atoms with Crippen LogP contribution in [0.15, 0.2) is 79.3 Å². The number of nitrogens with one attached hydrogen (secondary N) is 2. The van der Waals surface area contributed by atoms with Crippen LogP contribution in [0.3, 0.4) is 0 Å². The van der Waals surface area contributed by atoms with E-state index < -0.39 is 28.4 Å². The molecular formula is C18H12N6O4. The van der Waals surface area contributed by atoms with Gasteiger partial charge in [0.05, 0.1) is 10.9 Å². The van der Waals surface area contributed by atoms with Crippen molar-refractivity contribution < 1.29 is 5.11 Å². The lowest BCUT2D eigenvalue weighted by Crippen LogP contribution is -2.22. The van der Waals surface area contributed by atoms with E-state index in [0.29, 0.717) is 16.5 Å². The van der Waals surface area contributed by atoms with Crippen molar-refractivity contribution in [2.75, 3.05) is 0 Å². The Morgan fingerprint density at radius 3 is 2.39 bits per heavy atom. The molecule has 3 N–H and O–H groups in total. The Kier molecular flexibility index (Phi) is 4.13. The van der Waals surface area contributed by atoms with E-state index in [4.69, 9.17) is 0 Å². The van der Waals surface area contributed by atoms with Gasteiger partial charge in [-0.2, -0.15) is 4.68 Å². The smallest absolute Gasteiger partial charge is 0.328 e. The van der Waals surface area contributed by atoms with Crippen molar-refractivity contribution in [3.63, 3.8) is 0 Å². The normalized spacial score (nSPS) is 11.3. The Labute approximate surface area is 155 Å². The number of aromatic amines is 2. The molecule has 0 amide bonds. The third-order valence-electron chi connectivity index (χ3n) is 3.92. The molecule has 0 atom stereocenters. The summed E-state index contributed by atoms with van der Waals surface area (Å²) in [7, 11) is 0. The number of hydrogen-bond donors (Lipinski definition) is 3. The molecule has 0 saturated heterocycles. The van der Waals surface area contributed by atoms with Gasteiger partial charge in [-0.25, -0.2) is 9.78 Å². The van der Waals surface area contributed by atoms with Crippen LogP contribution in [0.25, 0.3) is 22.3 Å². The lowest BCUT2D eigenvalue weighted by Gasteiger charge is -2.08. The quantitative estimate of drug-likeness (QED) is 0.466. The fourth-order valence-electron chi connectivity index (χ4n) is 2.63. The molecule has 2 aromatic carbocycles. The van der Waals surface area contributed by atoms with E-state index in [1.54, 1.807) is 48.5 Å². The second-order valence-corrected chi connectivity index (χ2v) is 5.73. The monoisotopic (exact) mass is 376 g/mol. The molecule has 0 aliphatic heterocycles. The number of H-pyrrole nitrogens is 2. The molecule has 2 aromatic heterocycles. The van der Waals surface area contributed by atoms with Crippen LogP contribution < -0.4 is 16.8 Å². The highest BCUT2D eigenvalue weighted by Crippen LogP contribution is 2.20. The summed E-state index contributed by atoms with van der Waals surface area (Å²) in [6.45, 7) is 0. The van der Waals surface area contributed by atoms with Gasteiger partial charge in [0.25, 0.3) is 11.1 Å². The summed E-state index contributed by atoms with van der Waals surface area (Å²) in [5.41, 5.74) is -1.82. The first kappa shape index (κ1) is 17.1. The highest BCUT2D eigenvalue weighted by molar-refractivity contribution is 5.79. The summed E-state index contributed by atoms with van der Waals surface area (Å²) < 4.78 is 0.932. The number of hydrogen-bond acceptors (Lipinski definition) is 7. The van der Waals surface area contributed by atoms with Gasteiger partial charge in [0.1, 0.15) is 0 Å². The van der Waals surface area contributed by atoms with Gasteiger partial charge in [-0.3, -0.25) is 19.6 Å². The maximum Gasteiger partial charge on any atom is 0.328 e. The molecule has 10 heteroatoms. The van der Waals surface area contributed by atoms with Crippen LogP contribution in [0.2, 0.25) is 0 Å². The molecular weight excluding hydrogens is 364 g/mol. The van der Waals surface area contributed by atoms with Crippen LogP contribution in [-0.4, -0.2) is 24.7 Å². The topological polar surface area (TPSA) is 146 Å². The largest absolute Gasteiger partial charge is 0.493 e. The molecule has 28 heavy (non-hydrogen) atoms. The van der Waals surface area contributed by atoms with Gasteiger partial charge in [0, 0.05) is 5.56 Å². The van der Waals surface area contributed by atoms with E-state index in [-0.39, 0.29) is 5.82 Å². The lowest BCUT2D eigenvalue weighted by molar-refractivity contribution is 0.449. The summed E-state index contributed by atoms with van der Waals surface area (Å²) in [4.78, 5) is 44.3. The Bertz CT molecular complexity index is 1390. The molecule has 2 heterocycles. The summed E-state index contributed by atoms with van der Waals surface area (Å²) in [5.74, 6) is -0.561. The third-order valence-corrected chi connectivity index (χ3v) is 3.92. The minimum Gasteiger partial charge on any atom is -0.493 e. The minimum atomic E-state index is -0.951. The molecule has 4 aromatic rings. The van der Waals surface area contributed by atoms with Crippen molar-refractivity contribution in [1.29, 1.82) is 0 Å². The van der Waals surface area contributed by atoms with E-state index in [1.807, 2.05) is 16.0 Å². The molecule has 0 fully saturated rings. The number of nitrogens with zero attached hydrogens (tertiary/aromatic N) is 4. The standard InChI is InChI=1S/C18H12N6O4/c25-15-13(16(26)21-18(28)20-15)22-23-24-14(10-6-2-1-3-7-10)19-12-9-5-4-8-11(12)17(24)27/h1-9H,(H3,20,21,25,26,28). The zero-order valence-corrected chi connectivity index (χ0v) is 14.2. The molecule has 0 radical (unpaired) electrons. The Morgan fingerprint density at radius 2 is 1.64 bits per heavy atom. The van der Waals surface area contributed by atoms with Crippen molar-refractivity contribution in [2.45, 2.75) is 0 Å². The summed E-state index contributed by atoms with van der Waals surface area (Å²) in [6.07, 6.45) is 0. The van der Waals surface area contributed by atoms with Crippen LogP contribution in [0.1, 0.15) is 0 Å². The lowest BCUT2D eigenvalue weighted by atomic mass is 10.2. The zero-order valence-electron chi connectivity index (χ0n) is 14.2. The van der Waals surface area contributed by atoms with E-state index >= 15 is 0 Å². The SMILES string of the molecule is O=c1[nH]c(O)c(N=Nn2c(-c3ccccc3)nc3ccccc3c2=O)c(=O)[nH]1. The number of benzene rings is 2. The number of aromatic nitrogens is 4. The molecule has 138 valence electrons. The van der Waals surface area contributed by atoms with Gasteiger partial charge in [-0.1, -0.05) is 47.7 Å². The second-order valence-electron chi connectivity index (χ2n) is 5.73. The average Bonchev–Trinajstić information content (AvgIpc) is 2.69. The van der Waals surface area contributed by atoms with Crippen LogP contribution in [0, 0.1) is 0 Å². The predicted octanol–water partition coefficient (Wildman–Crippen LogP) is 1.69. The summed E-state index contributed by atoms with van der Waals surface area (Å²) in [6, 6.07) is 15.6. The number of rotatable bonds is 3. The molecule has 10 nitrogen and oxygen atoms in total. The Morgan fingerprint density at radius 1 is 0.929 bits per heavy atom. The van der Waals surface area contributed by atoms with Crippen molar-refractivity contribution in [3.8, 4) is 17.3 Å². The van der Waals surface area contributed by atoms with Gasteiger partial charge in [-0.15, -0.1) is 5.11 Å². The zero-order chi connectivity index (χ0) is 19.7. The van der Waals surface area contributed by atoms with E-state index in [1.165, 1.54) is 0 Å². The number of aromatic hydroxyl groups is 1. The highest BCUT2D eigenvalue weighted by Gasteiger charge is 2.13. The average molecular weight is 376 g/mol. The van der Waals surface area contributed by atoms with Gasteiger partial charge >= 0.3 is 5.69 Å². The van der Waals surface area contributed by atoms with Gasteiger partial charge in [0.15, 0.2) is 5.82 Å². The molecule has 0 saturated carbocycles. The molecule has 4 rings (SSSR count). The molecule has 0 unspecified atom stereocenters. The van der Waals surface area contributed by atoms with Crippen molar-refractivity contribution in [2.24, 2.45) is 10.3 Å². The minimum absolute atomic E-state index is 0.202. The first-order valence-corrected chi connectivity index (χ1v) is 8.09. The van der Waals surface area contributed by atoms with Crippen molar-refractivity contribution >= 4 is 16.6 Å². The van der Waals surface area contributed by atoms with Crippen LogP contribution >= 0.6 is 0 Å². The fraction of sp³-hybridized carbons (Fsp3) is 0. The van der Waals surface area contributed by atoms with Gasteiger partial charge < -0.3 is 5.11 Å². The second kappa shape index (κ2) is 6.76. The van der Waals surface area contributed by atoms with Crippen molar-refractivity contribution in [3.05, 3.63) is 85.8 Å². The maximum absolute atomic E-state index is 12.9. The van der Waals surface area contributed by atoms with Crippen LogP contribution in [0.4, 0.5) is 5.69 Å². The first-order chi connectivity index (χ1) is 13.5. The maximum atomic E-state index is 12.9. The first-order valence-electron chi connectivity index (χ1n) is 8.09. The molecule has 0 aliphatic rings. The predicted molar refractivity (Wildman–Crippen MR) is 101 cm³/mol. The molecule has 0 aliphatic carbocycles. The van der Waals surface area contributed by atoms with Gasteiger partial charge in [-0.05, 0) is 12.1 Å². The van der Waals surface area contributed by atoms with E-state index in [9.17, 15) is 19.5 Å². The van der Waals surface area contributed by atoms with Gasteiger partial charge in [0.2, 0.25) is 11.6 Å². The van der Waals surface area contributed by atoms with E-state index in [0.717, 1.165) is 4.68 Å².